The average molecular weight is 256 g/mol. The van der Waals surface area contributed by atoms with Crippen molar-refractivity contribution in [2.24, 2.45) is 11.7 Å². The maximum Gasteiger partial charge on any atom is 0.226 e. The van der Waals surface area contributed by atoms with Crippen LogP contribution in [0.25, 0.3) is 0 Å². The van der Waals surface area contributed by atoms with Gasteiger partial charge >= 0.3 is 0 Å². The number of benzene rings is 1. The van der Waals surface area contributed by atoms with Gasteiger partial charge in [0, 0.05) is 25.1 Å². The lowest BCUT2D eigenvalue weighted by atomic mass is 10.0. The van der Waals surface area contributed by atoms with E-state index in [2.05, 4.69) is 0 Å². The summed E-state index contributed by atoms with van der Waals surface area (Å²) in [4.78, 5) is 13.3. The van der Waals surface area contributed by atoms with Crippen molar-refractivity contribution in [2.45, 2.75) is 19.9 Å². The van der Waals surface area contributed by atoms with Gasteiger partial charge in [-0.05, 0) is 25.1 Å². The second kappa shape index (κ2) is 5.91. The van der Waals surface area contributed by atoms with E-state index in [1.165, 1.54) is 4.90 Å². The Hall–Kier alpha value is -1.49. The molecule has 0 aromatic heterocycles. The minimum atomic E-state index is -0.540. The number of rotatable bonds is 4. The molecule has 2 atom stereocenters. The van der Waals surface area contributed by atoms with Gasteiger partial charge < -0.3 is 10.6 Å². The van der Waals surface area contributed by atoms with Crippen molar-refractivity contribution in [1.82, 2.24) is 4.90 Å². The predicted octanol–water partition coefficient (Wildman–Crippen LogP) is 2.08. The molecule has 0 saturated heterocycles. The second-order valence-electron chi connectivity index (χ2n) is 4.43. The molecule has 2 N–H and O–H groups in total. The number of nitrogens with two attached hydrogens (primary N) is 1. The number of nitrogens with zero attached hydrogens (tertiary/aromatic N) is 1. The van der Waals surface area contributed by atoms with Crippen molar-refractivity contribution >= 4 is 5.91 Å². The molecule has 0 aliphatic heterocycles. The average Bonchev–Trinajstić information content (AvgIpc) is 2.38. The number of hydrogen-bond acceptors (Lipinski definition) is 2. The first-order chi connectivity index (χ1) is 8.38. The molecule has 3 nitrogen and oxygen atoms in total. The van der Waals surface area contributed by atoms with Crippen molar-refractivity contribution in [2.75, 3.05) is 13.6 Å². The maximum atomic E-state index is 13.6. The maximum absolute atomic E-state index is 13.6. The van der Waals surface area contributed by atoms with Gasteiger partial charge in [-0.3, -0.25) is 4.79 Å². The highest BCUT2D eigenvalue weighted by Gasteiger charge is 2.23. The van der Waals surface area contributed by atoms with Gasteiger partial charge in [-0.1, -0.05) is 6.92 Å². The highest BCUT2D eigenvalue weighted by atomic mass is 19.1. The molecule has 0 fully saturated rings. The Morgan fingerprint density at radius 3 is 2.56 bits per heavy atom. The normalized spacial score (nSPS) is 14.1. The van der Waals surface area contributed by atoms with Gasteiger partial charge in [0.1, 0.15) is 11.6 Å². The number of hydrogen-bond donors (Lipinski definition) is 1. The van der Waals surface area contributed by atoms with Crippen LogP contribution < -0.4 is 5.73 Å². The van der Waals surface area contributed by atoms with E-state index in [9.17, 15) is 13.6 Å². The first kappa shape index (κ1) is 14.6. The Bertz CT molecular complexity index is 437. The minimum Gasteiger partial charge on any atom is -0.339 e. The van der Waals surface area contributed by atoms with Crippen LogP contribution in [0.4, 0.5) is 8.78 Å². The predicted molar refractivity (Wildman–Crippen MR) is 65.8 cm³/mol. The molecule has 0 bridgehead atoms. The molecule has 1 rings (SSSR count). The van der Waals surface area contributed by atoms with Crippen molar-refractivity contribution in [3.63, 3.8) is 0 Å². The summed E-state index contributed by atoms with van der Waals surface area (Å²) < 4.78 is 26.7. The molecule has 1 aromatic rings. The fraction of sp³-hybridized carbons (Fsp3) is 0.462. The lowest BCUT2D eigenvalue weighted by Gasteiger charge is -2.28. The second-order valence-corrected chi connectivity index (χ2v) is 4.43. The Kier molecular flexibility index (Phi) is 4.78. The summed E-state index contributed by atoms with van der Waals surface area (Å²) in [7, 11) is 1.56. The van der Waals surface area contributed by atoms with Gasteiger partial charge in [0.25, 0.3) is 0 Å². The van der Waals surface area contributed by atoms with Crippen LogP contribution in [0, 0.1) is 17.6 Å². The zero-order valence-corrected chi connectivity index (χ0v) is 10.8. The molecule has 2 unspecified atom stereocenters. The van der Waals surface area contributed by atoms with Crippen LogP contribution in [0.5, 0.6) is 0 Å². The molecule has 0 aliphatic rings. The van der Waals surface area contributed by atoms with E-state index in [1.54, 1.807) is 20.9 Å². The van der Waals surface area contributed by atoms with E-state index in [-0.39, 0.29) is 23.9 Å². The summed E-state index contributed by atoms with van der Waals surface area (Å²) in [5.41, 5.74) is 5.58. The standard InChI is InChI=1S/C13H18F2N2O/c1-8(7-16)13(18)17(3)9(2)11-6-10(14)4-5-12(11)15/h4-6,8-9H,7,16H2,1-3H3. The van der Waals surface area contributed by atoms with Crippen LogP contribution in [-0.2, 0) is 4.79 Å². The first-order valence-corrected chi connectivity index (χ1v) is 5.80. The Labute approximate surface area is 106 Å². The topological polar surface area (TPSA) is 46.3 Å². The molecule has 0 saturated carbocycles. The first-order valence-electron chi connectivity index (χ1n) is 5.80. The molecular formula is C13H18F2N2O. The van der Waals surface area contributed by atoms with Crippen molar-refractivity contribution < 1.29 is 13.6 Å². The van der Waals surface area contributed by atoms with E-state index < -0.39 is 17.7 Å². The number of carbonyl (C=O) groups is 1. The Morgan fingerprint density at radius 1 is 1.39 bits per heavy atom. The molecule has 18 heavy (non-hydrogen) atoms. The summed E-state index contributed by atoms with van der Waals surface area (Å²) >= 11 is 0. The molecule has 100 valence electrons. The van der Waals surface area contributed by atoms with Crippen molar-refractivity contribution in [3.8, 4) is 0 Å². The van der Waals surface area contributed by atoms with Gasteiger partial charge in [0.15, 0.2) is 0 Å². The van der Waals surface area contributed by atoms with E-state index in [1.807, 2.05) is 0 Å². The van der Waals surface area contributed by atoms with Gasteiger partial charge in [0.05, 0.1) is 6.04 Å². The molecule has 0 heterocycles. The monoisotopic (exact) mass is 256 g/mol. The van der Waals surface area contributed by atoms with E-state index in [0.717, 1.165) is 18.2 Å². The molecule has 0 radical (unpaired) electrons. The van der Waals surface area contributed by atoms with Crippen LogP contribution in [0.2, 0.25) is 0 Å². The number of halogens is 2. The highest BCUT2D eigenvalue weighted by Crippen LogP contribution is 2.23. The zero-order chi connectivity index (χ0) is 13.9. The molecule has 5 heteroatoms. The summed E-state index contributed by atoms with van der Waals surface area (Å²) in [6.45, 7) is 3.58. The molecule has 1 aromatic carbocycles. The number of carbonyl (C=O) groups excluding carboxylic acids is 1. The van der Waals surface area contributed by atoms with Gasteiger partial charge in [-0.15, -0.1) is 0 Å². The minimum absolute atomic E-state index is 0.162. The lowest BCUT2D eigenvalue weighted by molar-refractivity contribution is -0.135. The summed E-state index contributed by atoms with van der Waals surface area (Å²) in [6, 6.07) is 2.68. The smallest absolute Gasteiger partial charge is 0.226 e. The fourth-order valence-corrected chi connectivity index (χ4v) is 1.68. The third kappa shape index (κ3) is 3.04. The molecule has 0 aliphatic carbocycles. The van der Waals surface area contributed by atoms with Gasteiger partial charge in [-0.25, -0.2) is 8.78 Å². The van der Waals surface area contributed by atoms with Crippen LogP contribution >= 0.6 is 0 Å². The number of amides is 1. The van der Waals surface area contributed by atoms with Gasteiger partial charge in [0.2, 0.25) is 5.91 Å². The quantitative estimate of drug-likeness (QED) is 0.896. The summed E-state index contributed by atoms with van der Waals surface area (Å²) in [5, 5.41) is 0. The third-order valence-electron chi connectivity index (χ3n) is 3.11. The van der Waals surface area contributed by atoms with E-state index in [0.29, 0.717) is 0 Å². The molecular weight excluding hydrogens is 238 g/mol. The van der Waals surface area contributed by atoms with Crippen molar-refractivity contribution in [1.29, 1.82) is 0 Å². The SMILES string of the molecule is CC(CN)C(=O)N(C)C(C)c1cc(F)ccc1F. The zero-order valence-electron chi connectivity index (χ0n) is 10.8. The largest absolute Gasteiger partial charge is 0.339 e. The summed E-state index contributed by atoms with van der Waals surface area (Å²) in [5.74, 6) is -1.57. The van der Waals surface area contributed by atoms with Crippen LogP contribution in [0.15, 0.2) is 18.2 Å². The highest BCUT2D eigenvalue weighted by molar-refractivity contribution is 5.78. The molecule has 1 amide bonds. The Balaban J connectivity index is 2.96. The van der Waals surface area contributed by atoms with Gasteiger partial charge in [-0.2, -0.15) is 0 Å². The lowest BCUT2D eigenvalue weighted by Crippen LogP contribution is -2.37. The van der Waals surface area contributed by atoms with Crippen molar-refractivity contribution in [3.05, 3.63) is 35.4 Å². The summed E-state index contributed by atoms with van der Waals surface area (Å²) in [6.07, 6.45) is 0. The third-order valence-corrected chi connectivity index (χ3v) is 3.11. The Morgan fingerprint density at radius 2 is 2.00 bits per heavy atom. The molecule has 0 spiro atoms. The fourth-order valence-electron chi connectivity index (χ4n) is 1.68. The van der Waals surface area contributed by atoms with Crippen LogP contribution in [0.3, 0.4) is 0 Å². The van der Waals surface area contributed by atoms with E-state index >= 15 is 0 Å². The van der Waals surface area contributed by atoms with Crippen LogP contribution in [-0.4, -0.2) is 24.4 Å². The van der Waals surface area contributed by atoms with E-state index in [4.69, 9.17) is 5.73 Å². The van der Waals surface area contributed by atoms with Crippen LogP contribution in [0.1, 0.15) is 25.5 Å².